The zero-order valence-electron chi connectivity index (χ0n) is 48.4. The quantitative estimate of drug-likeness (QED) is 0.0260. The van der Waals surface area contributed by atoms with Crippen LogP contribution in [0.3, 0.4) is 0 Å². The Morgan fingerprint density at radius 2 is 0.881 bits per heavy atom. The Kier molecular flexibility index (Phi) is 21.9. The average Bonchev–Trinajstić information content (AvgIpc) is 0.858. The fourth-order valence-corrected chi connectivity index (χ4v) is 13.0. The molecule has 84 heavy (non-hydrogen) atoms. The summed E-state index contributed by atoms with van der Waals surface area (Å²) in [5.74, 6) is 0.762. The Hall–Kier alpha value is -7.06. The van der Waals surface area contributed by atoms with Crippen molar-refractivity contribution in [3.8, 4) is 34.5 Å². The molecule has 6 aromatic rings. The van der Waals surface area contributed by atoms with E-state index in [0.717, 1.165) is 112 Å². The molecule has 2 atom stereocenters. The van der Waals surface area contributed by atoms with E-state index >= 15 is 0 Å². The first-order chi connectivity index (χ1) is 40.5. The van der Waals surface area contributed by atoms with Gasteiger partial charge in [0.25, 0.3) is 21.7 Å². The number of benzene rings is 6. The largest absolute Gasteiger partial charge is 0.494 e. The van der Waals surface area contributed by atoms with Crippen molar-refractivity contribution in [3.05, 3.63) is 166 Å². The van der Waals surface area contributed by atoms with E-state index in [1.165, 1.54) is 9.80 Å². The summed E-state index contributed by atoms with van der Waals surface area (Å²) in [6.45, 7) is 4.41. The molecule has 8 rings (SSSR count). The molecule has 0 aromatic heterocycles. The molecule has 0 saturated carbocycles. The van der Waals surface area contributed by atoms with Crippen molar-refractivity contribution in [1.82, 2.24) is 9.80 Å². The standard InChI is InChI=1S/C64H70Cl2N4O12S2/c1-67(35-31-43-13-27-53(75-5)55(39-43)77-7)33-9-11-37-79-49-21-15-45(16-22-49)63(61(73)69(3)51-25-19-47(65)41-57(51)83-63)81-59(71)29-30-60(72)82-64(62(74)70(4)52-26-20-48(66)42-58(52)84-64)46-17-23-50(24-18-46)80-38-12-10-34-68(2)36-32-44-14-28-54(76-6)56(40-44)78-8/h13-30,39-42H,9-12,31-38H2,1-8H3/b30-29+. The van der Waals surface area contributed by atoms with Gasteiger partial charge in [-0.15, -0.1) is 0 Å². The van der Waals surface area contributed by atoms with E-state index in [0.29, 0.717) is 90.0 Å². The number of ether oxygens (including phenoxy) is 8. The molecule has 0 fully saturated rings. The minimum absolute atomic E-state index is 0.338. The fraction of sp³-hybridized carbons (Fsp3) is 0.344. The third-order valence-corrected chi connectivity index (χ3v) is 17.6. The molecule has 0 saturated heterocycles. The van der Waals surface area contributed by atoms with Crippen LogP contribution in [-0.2, 0) is 51.4 Å². The van der Waals surface area contributed by atoms with Crippen LogP contribution < -0.4 is 38.2 Å². The lowest BCUT2D eigenvalue weighted by molar-refractivity contribution is -0.156. The van der Waals surface area contributed by atoms with Crippen molar-refractivity contribution in [1.29, 1.82) is 0 Å². The fourth-order valence-electron chi connectivity index (χ4n) is 9.67. The van der Waals surface area contributed by atoms with Gasteiger partial charge in [0.05, 0.1) is 53.0 Å². The van der Waals surface area contributed by atoms with Crippen molar-refractivity contribution >= 4 is 81.9 Å². The highest BCUT2D eigenvalue weighted by Crippen LogP contribution is 2.54. The number of methoxy groups -OCH3 is 4. The highest BCUT2D eigenvalue weighted by Gasteiger charge is 2.53. The molecule has 444 valence electrons. The minimum Gasteiger partial charge on any atom is -0.494 e. The van der Waals surface area contributed by atoms with E-state index in [-0.39, 0.29) is 0 Å². The molecule has 20 heteroatoms. The number of unbranched alkanes of at least 4 members (excludes halogenated alkanes) is 2. The Bertz CT molecular complexity index is 3100. The molecular weight excluding hydrogens is 1150 g/mol. The number of anilines is 2. The summed E-state index contributed by atoms with van der Waals surface area (Å²) in [4.78, 5) is 61.9. The monoisotopic (exact) mass is 1220 g/mol. The van der Waals surface area contributed by atoms with Crippen LogP contribution in [0.2, 0.25) is 10.0 Å². The molecule has 2 aliphatic rings. The summed E-state index contributed by atoms with van der Waals surface area (Å²) in [5, 5.41) is 0.826. The number of hydrogen-bond acceptors (Lipinski definition) is 16. The molecule has 2 heterocycles. The second-order valence-electron chi connectivity index (χ2n) is 20.2. The van der Waals surface area contributed by atoms with Gasteiger partial charge in [-0.3, -0.25) is 9.59 Å². The minimum atomic E-state index is -1.96. The van der Waals surface area contributed by atoms with Crippen LogP contribution in [0.25, 0.3) is 0 Å². The molecule has 0 radical (unpaired) electrons. The van der Waals surface area contributed by atoms with Crippen molar-refractivity contribution in [2.24, 2.45) is 0 Å². The molecule has 6 aromatic carbocycles. The Morgan fingerprint density at radius 3 is 1.25 bits per heavy atom. The lowest BCUT2D eigenvalue weighted by Gasteiger charge is -2.40. The maximum absolute atomic E-state index is 14.6. The SMILES string of the molecule is COc1ccc(CCN(C)CCCCOc2ccc(C3(OC(=O)/C=C/C(=O)OC4(c5ccc(OCCCCN(C)CCc6ccc(OC)c(OC)c6)cc5)Sc5cc(Cl)ccc5N(C)C4=O)Sc4cc(Cl)ccc4N(C)C3=O)cc2)cc1OC. The summed E-state index contributed by atoms with van der Waals surface area (Å²) < 4.78 is 46.2. The van der Waals surface area contributed by atoms with Gasteiger partial charge in [-0.2, -0.15) is 0 Å². The van der Waals surface area contributed by atoms with Gasteiger partial charge in [-0.25, -0.2) is 9.59 Å². The molecule has 16 nitrogen and oxygen atoms in total. The summed E-state index contributed by atoms with van der Waals surface area (Å²) in [6.07, 6.45) is 6.89. The van der Waals surface area contributed by atoms with Crippen molar-refractivity contribution in [2.45, 2.75) is 58.2 Å². The van der Waals surface area contributed by atoms with Gasteiger partial charge in [0, 0.05) is 70.3 Å². The number of hydrogen-bond donors (Lipinski definition) is 0. The number of fused-ring (bicyclic) bond motifs is 2. The summed E-state index contributed by atoms with van der Waals surface area (Å²) in [5.41, 5.74) is 4.13. The van der Waals surface area contributed by atoms with Crippen LogP contribution in [0.4, 0.5) is 11.4 Å². The predicted molar refractivity (Wildman–Crippen MR) is 330 cm³/mol. The normalized spacial score (nSPS) is 16.6. The number of likely N-dealkylation sites (N-methyl/N-ethyl adjacent to an activating group) is 4. The molecule has 0 bridgehead atoms. The van der Waals surface area contributed by atoms with Crippen LogP contribution in [-0.4, -0.2) is 130 Å². The second-order valence-corrected chi connectivity index (χ2v) is 23.5. The van der Waals surface area contributed by atoms with E-state index in [1.54, 1.807) is 127 Å². The van der Waals surface area contributed by atoms with Crippen molar-refractivity contribution in [2.75, 3.05) is 106 Å². The van der Waals surface area contributed by atoms with E-state index in [1.807, 2.05) is 36.4 Å². The summed E-state index contributed by atoms with van der Waals surface area (Å²) in [6, 6.07) is 35.7. The van der Waals surface area contributed by atoms with Gasteiger partial charge in [-0.05, 0) is 186 Å². The smallest absolute Gasteiger partial charge is 0.333 e. The Labute approximate surface area is 510 Å². The number of amides is 2. The molecule has 0 spiro atoms. The lowest BCUT2D eigenvalue weighted by atomic mass is 10.1. The predicted octanol–water partition coefficient (Wildman–Crippen LogP) is 11.9. The first kappa shape index (κ1) is 63.0. The van der Waals surface area contributed by atoms with Crippen LogP contribution >= 0.6 is 46.7 Å². The zero-order chi connectivity index (χ0) is 60.0. The molecule has 2 amide bonds. The third-order valence-electron chi connectivity index (χ3n) is 14.4. The number of thioether (sulfide) groups is 2. The van der Waals surface area contributed by atoms with Crippen molar-refractivity contribution < 1.29 is 57.1 Å². The van der Waals surface area contributed by atoms with Gasteiger partial charge in [0.2, 0.25) is 0 Å². The second kappa shape index (κ2) is 29.2. The van der Waals surface area contributed by atoms with Crippen LogP contribution in [0.1, 0.15) is 47.9 Å². The van der Waals surface area contributed by atoms with E-state index in [9.17, 15) is 19.2 Å². The third kappa shape index (κ3) is 15.2. The van der Waals surface area contributed by atoms with Gasteiger partial charge in [0.1, 0.15) is 11.5 Å². The van der Waals surface area contributed by atoms with E-state index in [2.05, 4.69) is 23.9 Å². The van der Waals surface area contributed by atoms with Crippen LogP contribution in [0, 0.1) is 0 Å². The average molecular weight is 1220 g/mol. The van der Waals surface area contributed by atoms with Gasteiger partial charge >= 0.3 is 11.9 Å². The highest BCUT2D eigenvalue weighted by molar-refractivity contribution is 8.01. The van der Waals surface area contributed by atoms with Crippen molar-refractivity contribution in [3.63, 3.8) is 0 Å². The Balaban J connectivity index is 0.907. The number of carbonyl (C=O) groups excluding carboxylic acids is 4. The summed E-state index contributed by atoms with van der Waals surface area (Å²) >= 11 is 15.0. The molecule has 0 aliphatic carbocycles. The van der Waals surface area contributed by atoms with Crippen LogP contribution in [0.15, 0.2) is 143 Å². The van der Waals surface area contributed by atoms with Gasteiger partial charge < -0.3 is 57.5 Å². The molecular formula is C64H70Cl2N4O12S2. The van der Waals surface area contributed by atoms with Gasteiger partial charge in [0.15, 0.2) is 23.0 Å². The van der Waals surface area contributed by atoms with Crippen LogP contribution in [0.5, 0.6) is 34.5 Å². The molecule has 2 unspecified atom stereocenters. The summed E-state index contributed by atoms with van der Waals surface area (Å²) in [7, 11) is 13.9. The highest BCUT2D eigenvalue weighted by atomic mass is 35.5. The number of esters is 2. The first-order valence-corrected chi connectivity index (χ1v) is 29.8. The molecule has 0 N–H and O–H groups in total. The number of halogens is 2. The Morgan fingerprint density at radius 1 is 0.500 bits per heavy atom. The maximum atomic E-state index is 14.6. The van der Waals surface area contributed by atoms with Gasteiger partial charge in [-0.1, -0.05) is 58.9 Å². The number of rotatable bonds is 28. The lowest BCUT2D eigenvalue weighted by Crippen LogP contribution is -2.49. The van der Waals surface area contributed by atoms with E-state index < -0.39 is 33.6 Å². The number of carbonyl (C=O) groups is 4. The maximum Gasteiger partial charge on any atom is 0.333 e. The number of nitrogens with zero attached hydrogens (tertiary/aromatic N) is 4. The molecule has 2 aliphatic heterocycles. The van der Waals surface area contributed by atoms with E-state index in [4.69, 9.17) is 61.1 Å². The zero-order valence-corrected chi connectivity index (χ0v) is 51.6. The first-order valence-electron chi connectivity index (χ1n) is 27.4. The topological polar surface area (TPSA) is 155 Å².